The van der Waals surface area contributed by atoms with Crippen LogP contribution in [0.25, 0.3) is 11.4 Å². The first kappa shape index (κ1) is 10.1. The van der Waals surface area contributed by atoms with Gasteiger partial charge in [-0.15, -0.1) is 5.10 Å². The van der Waals surface area contributed by atoms with Crippen molar-refractivity contribution < 1.29 is 0 Å². The van der Waals surface area contributed by atoms with Gasteiger partial charge in [0.25, 0.3) is 0 Å². The predicted molar refractivity (Wildman–Crippen MR) is 67.7 cm³/mol. The van der Waals surface area contributed by atoms with Gasteiger partial charge in [-0.3, -0.25) is 0 Å². The fourth-order valence-electron chi connectivity index (χ4n) is 2.23. The molecule has 0 radical (unpaired) electrons. The highest BCUT2D eigenvalue weighted by atomic mass is 15.4. The average Bonchev–Trinajstić information content (AvgIpc) is 2.69. The van der Waals surface area contributed by atoms with Crippen LogP contribution in [0.5, 0.6) is 0 Å². The molecule has 5 heteroatoms. The van der Waals surface area contributed by atoms with Crippen molar-refractivity contribution in [2.24, 2.45) is 7.05 Å². The van der Waals surface area contributed by atoms with Gasteiger partial charge in [-0.2, -0.15) is 4.98 Å². The number of rotatable bonds is 1. The predicted octanol–water partition coefficient (Wildman–Crippen LogP) is 1.42. The lowest BCUT2D eigenvalue weighted by molar-refractivity contribution is 0.779. The van der Waals surface area contributed by atoms with Crippen LogP contribution in [-0.2, 0) is 13.5 Å². The average molecular weight is 229 g/mol. The van der Waals surface area contributed by atoms with Crippen molar-refractivity contribution >= 4 is 11.6 Å². The Balaban J connectivity index is 2.14. The highest BCUT2D eigenvalue weighted by Crippen LogP contribution is 2.31. The van der Waals surface area contributed by atoms with Crippen LogP contribution in [0.2, 0.25) is 0 Å². The summed E-state index contributed by atoms with van der Waals surface area (Å²) in [6.45, 7) is 1.04. The van der Waals surface area contributed by atoms with E-state index in [0.717, 1.165) is 24.9 Å². The second-order valence-corrected chi connectivity index (χ2v) is 4.28. The highest BCUT2D eigenvalue weighted by Gasteiger charge is 2.16. The Morgan fingerprint density at radius 3 is 3.06 bits per heavy atom. The maximum atomic E-state index is 5.73. The van der Waals surface area contributed by atoms with Crippen LogP contribution in [-0.4, -0.2) is 21.3 Å². The van der Waals surface area contributed by atoms with E-state index in [1.165, 1.54) is 11.3 Å². The monoisotopic (exact) mass is 229 g/mol. The van der Waals surface area contributed by atoms with E-state index >= 15 is 0 Å². The number of anilines is 2. The third kappa shape index (κ3) is 1.63. The van der Waals surface area contributed by atoms with Crippen LogP contribution >= 0.6 is 0 Å². The summed E-state index contributed by atoms with van der Waals surface area (Å²) in [5.74, 6) is 1.16. The molecule has 0 spiro atoms. The van der Waals surface area contributed by atoms with Crippen LogP contribution in [0.4, 0.5) is 11.6 Å². The van der Waals surface area contributed by atoms with E-state index in [1.807, 2.05) is 6.07 Å². The first-order valence-corrected chi connectivity index (χ1v) is 5.78. The van der Waals surface area contributed by atoms with Gasteiger partial charge in [0, 0.05) is 24.8 Å². The molecule has 5 nitrogen and oxygen atoms in total. The number of hydrogen-bond donors (Lipinski definition) is 2. The van der Waals surface area contributed by atoms with Gasteiger partial charge in [-0.1, -0.05) is 12.1 Å². The fraction of sp³-hybridized carbons (Fsp3) is 0.333. The minimum absolute atomic E-state index is 0.446. The van der Waals surface area contributed by atoms with E-state index in [0.29, 0.717) is 11.8 Å². The zero-order chi connectivity index (χ0) is 11.8. The molecule has 0 fully saturated rings. The molecule has 2 heterocycles. The number of aryl methyl sites for hydroxylation is 1. The van der Waals surface area contributed by atoms with Crippen LogP contribution in [0.15, 0.2) is 18.2 Å². The normalized spacial score (nSPS) is 14.2. The van der Waals surface area contributed by atoms with Crippen molar-refractivity contribution in [1.82, 2.24) is 14.8 Å². The number of nitrogens with two attached hydrogens (primary N) is 1. The molecule has 88 valence electrons. The van der Waals surface area contributed by atoms with E-state index in [-0.39, 0.29) is 0 Å². The topological polar surface area (TPSA) is 68.8 Å². The number of benzene rings is 1. The molecule has 1 aromatic heterocycles. The Labute approximate surface area is 99.7 Å². The lowest BCUT2D eigenvalue weighted by Crippen LogP contribution is -2.12. The van der Waals surface area contributed by atoms with Gasteiger partial charge < -0.3 is 11.1 Å². The second kappa shape index (κ2) is 3.76. The molecule has 2 aromatic rings. The second-order valence-electron chi connectivity index (χ2n) is 4.28. The number of aromatic nitrogens is 3. The molecule has 3 N–H and O–H groups in total. The largest absolute Gasteiger partial charge is 0.385 e. The SMILES string of the molecule is Cn1nc(-c2cccc3c2CCCN3)nc1N. The molecule has 1 aliphatic rings. The van der Waals surface area contributed by atoms with Crippen molar-refractivity contribution in [1.29, 1.82) is 0 Å². The van der Waals surface area contributed by atoms with Crippen LogP contribution in [0, 0.1) is 0 Å². The minimum atomic E-state index is 0.446. The maximum absolute atomic E-state index is 5.73. The molecular weight excluding hydrogens is 214 g/mol. The Bertz CT molecular complexity index is 539. The summed E-state index contributed by atoms with van der Waals surface area (Å²) in [7, 11) is 1.81. The molecule has 3 rings (SSSR count). The van der Waals surface area contributed by atoms with Gasteiger partial charge in [0.1, 0.15) is 0 Å². The summed E-state index contributed by atoms with van der Waals surface area (Å²) >= 11 is 0. The molecule has 0 bridgehead atoms. The van der Waals surface area contributed by atoms with Gasteiger partial charge in [-0.05, 0) is 24.5 Å². The number of fused-ring (bicyclic) bond motifs is 1. The van der Waals surface area contributed by atoms with Crippen LogP contribution < -0.4 is 11.1 Å². The lowest BCUT2D eigenvalue weighted by Gasteiger charge is -2.19. The number of nitrogens with zero attached hydrogens (tertiary/aromatic N) is 3. The molecule has 17 heavy (non-hydrogen) atoms. The van der Waals surface area contributed by atoms with Gasteiger partial charge in [0.2, 0.25) is 5.95 Å². The smallest absolute Gasteiger partial charge is 0.218 e. The highest BCUT2D eigenvalue weighted by molar-refractivity contribution is 5.71. The van der Waals surface area contributed by atoms with Crippen molar-refractivity contribution in [3.63, 3.8) is 0 Å². The standard InChI is InChI=1S/C12H15N5/c1-17-12(13)15-11(16-17)9-4-2-6-10-8(9)5-3-7-14-10/h2,4,6,14H,3,5,7H2,1H3,(H2,13,15,16). The van der Waals surface area contributed by atoms with Crippen molar-refractivity contribution in [3.8, 4) is 11.4 Å². The molecule has 0 unspecified atom stereocenters. The molecule has 0 saturated heterocycles. The number of hydrogen-bond acceptors (Lipinski definition) is 4. The summed E-state index contributed by atoms with van der Waals surface area (Å²) in [5.41, 5.74) is 9.30. The third-order valence-electron chi connectivity index (χ3n) is 3.13. The summed E-state index contributed by atoms with van der Waals surface area (Å²) in [6.07, 6.45) is 2.21. The zero-order valence-electron chi connectivity index (χ0n) is 9.77. The molecule has 0 atom stereocenters. The summed E-state index contributed by atoms with van der Waals surface area (Å²) in [5, 5.41) is 7.74. The van der Waals surface area contributed by atoms with Crippen LogP contribution in [0.3, 0.4) is 0 Å². The number of nitrogen functional groups attached to an aromatic ring is 1. The first-order valence-electron chi connectivity index (χ1n) is 5.78. The summed E-state index contributed by atoms with van der Waals surface area (Å²) in [4.78, 5) is 4.29. The lowest BCUT2D eigenvalue weighted by atomic mass is 9.97. The number of nitrogens with one attached hydrogen (secondary N) is 1. The Kier molecular flexibility index (Phi) is 2.24. The fourth-order valence-corrected chi connectivity index (χ4v) is 2.23. The maximum Gasteiger partial charge on any atom is 0.218 e. The van der Waals surface area contributed by atoms with E-state index in [9.17, 15) is 0 Å². The third-order valence-corrected chi connectivity index (χ3v) is 3.13. The molecule has 0 aliphatic carbocycles. The van der Waals surface area contributed by atoms with Gasteiger partial charge >= 0.3 is 0 Å². The van der Waals surface area contributed by atoms with E-state index in [4.69, 9.17) is 5.73 Å². The Morgan fingerprint density at radius 1 is 1.41 bits per heavy atom. The molecule has 1 aliphatic heterocycles. The van der Waals surface area contributed by atoms with Crippen molar-refractivity contribution in [3.05, 3.63) is 23.8 Å². The van der Waals surface area contributed by atoms with E-state index in [2.05, 4.69) is 27.5 Å². The summed E-state index contributed by atoms with van der Waals surface area (Å²) < 4.78 is 1.60. The molecule has 0 saturated carbocycles. The van der Waals surface area contributed by atoms with E-state index < -0.39 is 0 Å². The molecule has 1 aromatic carbocycles. The zero-order valence-corrected chi connectivity index (χ0v) is 9.77. The summed E-state index contributed by atoms with van der Waals surface area (Å²) in [6, 6.07) is 6.18. The van der Waals surface area contributed by atoms with Gasteiger partial charge in [-0.25, -0.2) is 4.68 Å². The molecule has 0 amide bonds. The van der Waals surface area contributed by atoms with Crippen molar-refractivity contribution in [2.45, 2.75) is 12.8 Å². The van der Waals surface area contributed by atoms with Gasteiger partial charge in [0.05, 0.1) is 0 Å². The Hall–Kier alpha value is -2.04. The van der Waals surface area contributed by atoms with Crippen molar-refractivity contribution in [2.75, 3.05) is 17.6 Å². The quantitative estimate of drug-likeness (QED) is 0.776. The van der Waals surface area contributed by atoms with Crippen LogP contribution in [0.1, 0.15) is 12.0 Å². The Morgan fingerprint density at radius 2 is 2.29 bits per heavy atom. The molecular formula is C12H15N5. The first-order chi connectivity index (χ1) is 8.25. The van der Waals surface area contributed by atoms with E-state index in [1.54, 1.807) is 11.7 Å². The van der Waals surface area contributed by atoms with Gasteiger partial charge in [0.15, 0.2) is 5.82 Å². The minimum Gasteiger partial charge on any atom is -0.385 e.